The Morgan fingerprint density at radius 3 is 1.38 bits per heavy atom. The van der Waals surface area contributed by atoms with Crippen LogP contribution in [0, 0.1) is 0 Å². The number of rotatable bonds is 0. The molecule has 52 valence electrons. The van der Waals surface area contributed by atoms with E-state index in [-0.39, 0.29) is 6.61 Å². The normalized spacial score (nSPS) is 9.38. The third-order valence-corrected chi connectivity index (χ3v) is 0. The van der Waals surface area contributed by atoms with Crippen molar-refractivity contribution in [2.45, 2.75) is 12.3 Å². The van der Waals surface area contributed by atoms with Gasteiger partial charge in [0.15, 0.2) is 0 Å². The van der Waals surface area contributed by atoms with Gasteiger partial charge in [-0.3, -0.25) is 0 Å². The molecule has 0 bridgehead atoms. The average Bonchev–Trinajstić information content (AvgIpc) is 1.27. The van der Waals surface area contributed by atoms with E-state index >= 15 is 0 Å². The van der Waals surface area contributed by atoms with Crippen molar-refractivity contribution in [1.82, 2.24) is 0 Å². The molecule has 0 saturated heterocycles. The van der Waals surface area contributed by atoms with Gasteiger partial charge in [0.25, 0.3) is 0 Å². The molecule has 0 spiro atoms. The van der Waals surface area contributed by atoms with Crippen LogP contribution in [0.15, 0.2) is 0 Å². The van der Waals surface area contributed by atoms with Crippen LogP contribution in [0.1, 0.15) is 6.92 Å². The van der Waals surface area contributed by atoms with Gasteiger partial charge < -0.3 is 5.11 Å². The monoisotopic (exact) mass is 296 g/mol. The first-order valence-electron chi connectivity index (χ1n) is 1.86. The second-order valence-corrected chi connectivity index (χ2v) is 5.65. The van der Waals surface area contributed by atoms with E-state index in [1.165, 1.54) is 0 Å². The van der Waals surface area contributed by atoms with Gasteiger partial charge in [-0.1, -0.05) is 0 Å². The number of hydrogen-bond donors (Lipinski definition) is 1. The molecule has 0 aliphatic carbocycles. The molecule has 0 aromatic rings. The Morgan fingerprint density at radius 2 is 1.38 bits per heavy atom. The van der Waals surface area contributed by atoms with Crippen molar-refractivity contribution in [2.24, 2.45) is 0 Å². The van der Waals surface area contributed by atoms with Gasteiger partial charge in [-0.25, -0.2) is 0 Å². The van der Waals surface area contributed by atoms with Crippen molar-refractivity contribution in [3.05, 3.63) is 0 Å². The van der Waals surface area contributed by atoms with Crippen molar-refractivity contribution in [3.8, 4) is 0 Å². The molecule has 0 amide bonds. The van der Waals surface area contributed by atoms with E-state index in [4.69, 9.17) is 5.11 Å². The Labute approximate surface area is 50.4 Å². The van der Waals surface area contributed by atoms with Crippen LogP contribution < -0.4 is 0 Å². The molecule has 1 N–H and O–H groups in total. The van der Waals surface area contributed by atoms with Crippen molar-refractivity contribution >= 4 is 0 Å². The van der Waals surface area contributed by atoms with Crippen LogP contribution >= 0.6 is 0 Å². The predicted molar refractivity (Wildman–Crippen MR) is 20.7 cm³/mol. The van der Waals surface area contributed by atoms with Crippen LogP contribution in [0.3, 0.4) is 0 Å². The Kier molecular flexibility index (Phi) is 7.04. The summed E-state index contributed by atoms with van der Waals surface area (Å²) in [6, 6.07) is 0. The van der Waals surface area contributed by atoms with E-state index in [9.17, 15) is 10.4 Å². The van der Waals surface area contributed by atoms with Crippen molar-refractivity contribution in [2.75, 3.05) is 6.61 Å². The van der Waals surface area contributed by atoms with Crippen LogP contribution in [0.4, 0.5) is 0 Å². The van der Waals surface area contributed by atoms with E-state index in [1.807, 2.05) is 0 Å². The SMILES string of the molecule is CCO.[CH3][Re](=[O])(=[O])=[O]. The first-order valence-corrected chi connectivity index (χ1v) is 7.91. The van der Waals surface area contributed by atoms with Gasteiger partial charge in [0.2, 0.25) is 0 Å². The van der Waals surface area contributed by atoms with Crippen LogP contribution in [0.5, 0.6) is 0 Å². The summed E-state index contributed by atoms with van der Waals surface area (Å²) in [6.45, 7) is 1.93. The molecule has 0 heterocycles. The molecule has 0 aromatic heterocycles. The standard InChI is InChI=1S/C2H6O.CH3.3O.Re/c1-2-3;;;;;/h3H,2H2,1H3;1H3;;;;. The zero-order valence-corrected chi connectivity index (χ0v) is 7.47. The van der Waals surface area contributed by atoms with Gasteiger partial charge in [-0.15, -0.1) is 0 Å². The maximum atomic E-state index is 9.19. The minimum absolute atomic E-state index is 0.250. The summed E-state index contributed by atoms with van der Waals surface area (Å²) < 4.78 is 27.6. The first-order chi connectivity index (χ1) is 3.41. The number of hydrogen-bond acceptors (Lipinski definition) is 4. The summed E-state index contributed by atoms with van der Waals surface area (Å²) in [7, 11) is 0. The van der Waals surface area contributed by atoms with Gasteiger partial charge in [0.1, 0.15) is 0 Å². The van der Waals surface area contributed by atoms with Gasteiger partial charge in [-0.2, -0.15) is 0 Å². The third-order valence-electron chi connectivity index (χ3n) is 0. The van der Waals surface area contributed by atoms with Gasteiger partial charge in [0.05, 0.1) is 0 Å². The van der Waals surface area contributed by atoms with Crippen molar-refractivity contribution < 1.29 is 30.9 Å². The molecule has 0 aliphatic rings. The molecule has 0 aliphatic heterocycles. The molecule has 0 aromatic carbocycles. The summed E-state index contributed by atoms with van der Waals surface area (Å²) in [5.74, 6) is 0. The van der Waals surface area contributed by atoms with E-state index in [2.05, 4.69) is 0 Å². The Balaban J connectivity index is 0. The van der Waals surface area contributed by atoms with Crippen molar-refractivity contribution in [1.29, 1.82) is 0 Å². The summed E-state index contributed by atoms with van der Waals surface area (Å²) in [4.78, 5) is 0. The molecule has 8 heavy (non-hydrogen) atoms. The quantitative estimate of drug-likeness (QED) is 0.694. The summed E-state index contributed by atoms with van der Waals surface area (Å²) in [5.41, 5.74) is 0. The molecule has 0 atom stereocenters. The fraction of sp³-hybridized carbons (Fsp3) is 1.00. The first kappa shape index (κ1) is 10.9. The maximum absolute atomic E-state index is 9.19. The second-order valence-electron chi connectivity index (χ2n) is 0.968. The zero-order chi connectivity index (χ0) is 7.21. The zero-order valence-electron chi connectivity index (χ0n) is 4.76. The second kappa shape index (κ2) is 5.16. The molecule has 5 heteroatoms. The van der Waals surface area contributed by atoms with Crippen LogP contribution in [0.25, 0.3) is 0 Å². The summed E-state index contributed by atoms with van der Waals surface area (Å²) in [5, 5.41) is 8.29. The molecule has 4 nitrogen and oxygen atoms in total. The molecule has 0 unspecified atom stereocenters. The Morgan fingerprint density at radius 1 is 1.38 bits per heavy atom. The topological polar surface area (TPSA) is 71.4 Å². The minimum atomic E-state index is -4.86. The van der Waals surface area contributed by atoms with Crippen LogP contribution in [-0.4, -0.2) is 11.7 Å². The van der Waals surface area contributed by atoms with E-state index < -0.39 is 15.4 Å². The number of aliphatic hydroxyl groups is 1. The van der Waals surface area contributed by atoms with Gasteiger partial charge in [0, 0.05) is 6.61 Å². The Bertz CT molecular complexity index is 144. The molecule has 0 rings (SSSR count). The van der Waals surface area contributed by atoms with Gasteiger partial charge >= 0.3 is 31.2 Å². The predicted octanol–water partition coefficient (Wildman–Crippen LogP) is 0.223. The van der Waals surface area contributed by atoms with Crippen molar-refractivity contribution in [3.63, 3.8) is 0 Å². The van der Waals surface area contributed by atoms with E-state index in [1.54, 1.807) is 6.92 Å². The number of aliphatic hydroxyl groups excluding tert-OH is 1. The van der Waals surface area contributed by atoms with E-state index in [0.29, 0.717) is 0 Å². The van der Waals surface area contributed by atoms with Gasteiger partial charge in [-0.05, 0) is 6.92 Å². The third kappa shape index (κ3) is 304000. The van der Waals surface area contributed by atoms with E-state index in [0.717, 1.165) is 5.40 Å². The molecular weight excluding hydrogens is 286 g/mol. The Hall–Kier alpha value is 0.0223. The summed E-state index contributed by atoms with van der Waals surface area (Å²) >= 11 is -4.86. The fourth-order valence-corrected chi connectivity index (χ4v) is 0. The van der Waals surface area contributed by atoms with Crippen LogP contribution in [0.2, 0.25) is 5.40 Å². The average molecular weight is 295 g/mol. The van der Waals surface area contributed by atoms with Crippen LogP contribution in [-0.2, 0) is 25.8 Å². The molecule has 0 fully saturated rings. The molecule has 0 saturated carbocycles. The molecule has 0 radical (unpaired) electrons. The molecular formula is C3H9O4Re. The fourth-order valence-electron chi connectivity index (χ4n) is 0. The summed E-state index contributed by atoms with van der Waals surface area (Å²) in [6.07, 6.45) is 0.